The first-order valence-electron chi connectivity index (χ1n) is 5.72. The summed E-state index contributed by atoms with van der Waals surface area (Å²) in [5.41, 5.74) is 1.26. The SMILES string of the molecule is CC(N[C@@H](C)c1ccco1)c1ccccc1Br. The van der Waals surface area contributed by atoms with Crippen molar-refractivity contribution in [3.05, 3.63) is 58.5 Å². The Balaban J connectivity index is 2.07. The van der Waals surface area contributed by atoms with Crippen LogP contribution < -0.4 is 5.32 Å². The molecule has 2 atom stereocenters. The van der Waals surface area contributed by atoms with Gasteiger partial charge in [0.1, 0.15) is 5.76 Å². The van der Waals surface area contributed by atoms with E-state index in [1.54, 1.807) is 6.26 Å². The van der Waals surface area contributed by atoms with Crippen molar-refractivity contribution >= 4 is 15.9 Å². The molecule has 0 radical (unpaired) electrons. The summed E-state index contributed by atoms with van der Waals surface area (Å²) in [6.07, 6.45) is 1.70. The van der Waals surface area contributed by atoms with Crippen LogP contribution >= 0.6 is 15.9 Å². The van der Waals surface area contributed by atoms with Crippen LogP contribution in [0.15, 0.2) is 51.6 Å². The summed E-state index contributed by atoms with van der Waals surface area (Å²) in [7, 11) is 0. The lowest BCUT2D eigenvalue weighted by molar-refractivity contribution is 0.402. The van der Waals surface area contributed by atoms with E-state index in [0.717, 1.165) is 10.2 Å². The molecule has 0 saturated carbocycles. The molecule has 1 N–H and O–H groups in total. The number of benzene rings is 1. The van der Waals surface area contributed by atoms with Crippen molar-refractivity contribution in [2.75, 3.05) is 0 Å². The van der Waals surface area contributed by atoms with Crippen LogP contribution in [-0.2, 0) is 0 Å². The Hall–Kier alpha value is -1.06. The molecule has 2 aromatic rings. The van der Waals surface area contributed by atoms with E-state index < -0.39 is 0 Å². The highest BCUT2D eigenvalue weighted by atomic mass is 79.9. The maximum absolute atomic E-state index is 5.39. The molecule has 0 spiro atoms. The summed E-state index contributed by atoms with van der Waals surface area (Å²) < 4.78 is 6.52. The first-order valence-corrected chi connectivity index (χ1v) is 6.51. The number of hydrogen-bond donors (Lipinski definition) is 1. The van der Waals surface area contributed by atoms with Crippen LogP contribution in [0.1, 0.15) is 37.3 Å². The maximum Gasteiger partial charge on any atom is 0.120 e. The highest BCUT2D eigenvalue weighted by molar-refractivity contribution is 9.10. The molecule has 0 saturated heterocycles. The smallest absolute Gasteiger partial charge is 0.120 e. The predicted octanol–water partition coefficient (Wildman–Crippen LogP) is 4.45. The molecule has 0 fully saturated rings. The Kier molecular flexibility index (Phi) is 4.02. The van der Waals surface area contributed by atoms with Gasteiger partial charge in [-0.2, -0.15) is 0 Å². The minimum atomic E-state index is 0.201. The lowest BCUT2D eigenvalue weighted by Crippen LogP contribution is -2.22. The Labute approximate surface area is 110 Å². The van der Waals surface area contributed by atoms with E-state index in [4.69, 9.17) is 4.42 Å². The Bertz CT molecular complexity index is 467. The van der Waals surface area contributed by atoms with E-state index in [1.807, 2.05) is 18.2 Å². The lowest BCUT2D eigenvalue weighted by Gasteiger charge is -2.19. The third-order valence-corrected chi connectivity index (χ3v) is 3.56. The van der Waals surface area contributed by atoms with E-state index in [0.29, 0.717) is 0 Å². The summed E-state index contributed by atoms with van der Waals surface area (Å²) in [6, 6.07) is 12.6. The molecular weight excluding hydrogens is 278 g/mol. The van der Waals surface area contributed by atoms with Gasteiger partial charge in [-0.25, -0.2) is 0 Å². The summed E-state index contributed by atoms with van der Waals surface area (Å²) >= 11 is 3.57. The Morgan fingerprint density at radius 3 is 2.47 bits per heavy atom. The summed E-state index contributed by atoms with van der Waals surface area (Å²) in [6.45, 7) is 4.26. The number of furan rings is 1. The third-order valence-electron chi connectivity index (χ3n) is 2.84. The second-order valence-electron chi connectivity index (χ2n) is 4.15. The van der Waals surface area contributed by atoms with Gasteiger partial charge < -0.3 is 9.73 Å². The van der Waals surface area contributed by atoms with Crippen LogP contribution in [0.5, 0.6) is 0 Å². The number of hydrogen-bond acceptors (Lipinski definition) is 2. The lowest BCUT2D eigenvalue weighted by atomic mass is 10.1. The van der Waals surface area contributed by atoms with Crippen LogP contribution in [0.3, 0.4) is 0 Å². The number of nitrogens with one attached hydrogen (secondary N) is 1. The molecule has 1 aromatic carbocycles. The van der Waals surface area contributed by atoms with Crippen molar-refractivity contribution in [2.45, 2.75) is 25.9 Å². The normalized spacial score (nSPS) is 14.5. The molecule has 0 aliphatic heterocycles. The Morgan fingerprint density at radius 2 is 1.82 bits per heavy atom. The zero-order valence-electron chi connectivity index (χ0n) is 9.98. The van der Waals surface area contributed by atoms with E-state index >= 15 is 0 Å². The number of halogens is 1. The van der Waals surface area contributed by atoms with Crippen molar-refractivity contribution in [2.24, 2.45) is 0 Å². The fourth-order valence-electron chi connectivity index (χ4n) is 1.91. The van der Waals surface area contributed by atoms with E-state index in [9.17, 15) is 0 Å². The van der Waals surface area contributed by atoms with Gasteiger partial charge in [0.25, 0.3) is 0 Å². The average Bonchev–Trinajstić information content (AvgIpc) is 2.82. The highest BCUT2D eigenvalue weighted by Crippen LogP contribution is 2.25. The quantitative estimate of drug-likeness (QED) is 0.901. The molecule has 0 bridgehead atoms. The first kappa shape index (κ1) is 12.4. The average molecular weight is 294 g/mol. The van der Waals surface area contributed by atoms with Gasteiger partial charge in [-0.3, -0.25) is 0 Å². The van der Waals surface area contributed by atoms with Crippen molar-refractivity contribution in [3.8, 4) is 0 Å². The third kappa shape index (κ3) is 2.99. The standard InChI is InChI=1S/C14H16BrNO/c1-10(12-6-3-4-7-13(12)15)16-11(2)14-8-5-9-17-14/h3-11,16H,1-2H3/t10?,11-/m0/s1. The van der Waals surface area contributed by atoms with Gasteiger partial charge in [-0.15, -0.1) is 0 Å². The van der Waals surface area contributed by atoms with Gasteiger partial charge in [0, 0.05) is 10.5 Å². The molecular formula is C14H16BrNO. The minimum absolute atomic E-state index is 0.201. The molecule has 0 amide bonds. The molecule has 0 aliphatic carbocycles. The van der Waals surface area contributed by atoms with E-state index in [1.165, 1.54) is 5.56 Å². The van der Waals surface area contributed by atoms with Crippen LogP contribution in [0.2, 0.25) is 0 Å². The molecule has 1 aromatic heterocycles. The highest BCUT2D eigenvalue weighted by Gasteiger charge is 2.14. The second kappa shape index (κ2) is 5.52. The number of rotatable bonds is 4. The minimum Gasteiger partial charge on any atom is -0.468 e. The molecule has 0 aliphatic rings. The second-order valence-corrected chi connectivity index (χ2v) is 5.00. The predicted molar refractivity (Wildman–Crippen MR) is 72.8 cm³/mol. The van der Waals surface area contributed by atoms with Crippen LogP contribution in [0.4, 0.5) is 0 Å². The van der Waals surface area contributed by atoms with Crippen LogP contribution in [0, 0.1) is 0 Å². The van der Waals surface area contributed by atoms with Crippen molar-refractivity contribution in [3.63, 3.8) is 0 Å². The largest absolute Gasteiger partial charge is 0.468 e. The van der Waals surface area contributed by atoms with Gasteiger partial charge in [0.15, 0.2) is 0 Å². The fraction of sp³-hybridized carbons (Fsp3) is 0.286. The van der Waals surface area contributed by atoms with Crippen molar-refractivity contribution in [1.82, 2.24) is 5.32 Å². The summed E-state index contributed by atoms with van der Waals surface area (Å²) in [5.74, 6) is 0.962. The van der Waals surface area contributed by atoms with Crippen LogP contribution in [-0.4, -0.2) is 0 Å². The van der Waals surface area contributed by atoms with Gasteiger partial charge in [0.2, 0.25) is 0 Å². The van der Waals surface area contributed by atoms with Crippen molar-refractivity contribution < 1.29 is 4.42 Å². The molecule has 90 valence electrons. The zero-order chi connectivity index (χ0) is 12.3. The van der Waals surface area contributed by atoms with Gasteiger partial charge >= 0.3 is 0 Å². The fourth-order valence-corrected chi connectivity index (χ4v) is 2.54. The molecule has 2 rings (SSSR count). The molecule has 17 heavy (non-hydrogen) atoms. The van der Waals surface area contributed by atoms with Gasteiger partial charge in [0.05, 0.1) is 12.3 Å². The van der Waals surface area contributed by atoms with E-state index in [2.05, 4.69) is 53.3 Å². The van der Waals surface area contributed by atoms with Crippen LogP contribution in [0.25, 0.3) is 0 Å². The Morgan fingerprint density at radius 1 is 1.06 bits per heavy atom. The monoisotopic (exact) mass is 293 g/mol. The molecule has 2 nitrogen and oxygen atoms in total. The maximum atomic E-state index is 5.39. The van der Waals surface area contributed by atoms with Crippen molar-refractivity contribution in [1.29, 1.82) is 0 Å². The first-order chi connectivity index (χ1) is 8.18. The molecule has 3 heteroatoms. The summed E-state index contributed by atoms with van der Waals surface area (Å²) in [5, 5.41) is 3.52. The van der Waals surface area contributed by atoms with Gasteiger partial charge in [-0.1, -0.05) is 34.1 Å². The summed E-state index contributed by atoms with van der Waals surface area (Å²) in [4.78, 5) is 0. The van der Waals surface area contributed by atoms with Gasteiger partial charge in [-0.05, 0) is 37.6 Å². The van der Waals surface area contributed by atoms with E-state index in [-0.39, 0.29) is 12.1 Å². The molecule has 1 heterocycles. The topological polar surface area (TPSA) is 25.2 Å². The molecule has 1 unspecified atom stereocenters. The zero-order valence-corrected chi connectivity index (χ0v) is 11.6.